The molecule has 6 rings (SSSR count). The van der Waals surface area contributed by atoms with Crippen molar-refractivity contribution >= 4 is 28.1 Å². The maximum Gasteiger partial charge on any atom is 0.333 e. The molecule has 16 heteroatoms. The van der Waals surface area contributed by atoms with E-state index < -0.39 is 57.5 Å². The van der Waals surface area contributed by atoms with Crippen LogP contribution in [0.25, 0.3) is 0 Å². The van der Waals surface area contributed by atoms with E-state index in [-0.39, 0.29) is 79.3 Å². The number of ether oxygens (including phenoxy) is 2. The maximum atomic E-state index is 14.0. The van der Waals surface area contributed by atoms with Crippen LogP contribution in [0.3, 0.4) is 0 Å². The van der Waals surface area contributed by atoms with Crippen LogP contribution in [0.5, 0.6) is 23.0 Å². The first-order valence-electron chi connectivity index (χ1n) is 23.3. The number of aromatic hydroxyl groups is 2. The zero-order valence-electron chi connectivity index (χ0n) is 40.2. The van der Waals surface area contributed by atoms with Gasteiger partial charge in [0.15, 0.2) is 0 Å². The van der Waals surface area contributed by atoms with Crippen LogP contribution in [0.1, 0.15) is 163 Å². The number of fused-ring (bicyclic) bond motifs is 6. The van der Waals surface area contributed by atoms with Crippen LogP contribution in [-0.2, 0) is 45.2 Å². The van der Waals surface area contributed by atoms with Gasteiger partial charge < -0.3 is 39.7 Å². The molecule has 0 spiro atoms. The normalized spacial score (nSPS) is 22.9. The smallest absolute Gasteiger partial charge is 0.333 e. The highest BCUT2D eigenvalue weighted by molar-refractivity contribution is 7.84. The number of benzene rings is 2. The number of carbonyl (C=O) groups is 3. The van der Waals surface area contributed by atoms with Gasteiger partial charge in [-0.15, -0.1) is 0 Å². The predicted molar refractivity (Wildman–Crippen MR) is 254 cm³/mol. The van der Waals surface area contributed by atoms with Crippen molar-refractivity contribution in [1.29, 1.82) is 0 Å². The highest BCUT2D eigenvalue weighted by Gasteiger charge is 2.48. The summed E-state index contributed by atoms with van der Waals surface area (Å²) in [6, 6.07) is 1.38. The number of phenols is 2. The minimum Gasteiger partial charge on any atom is -0.508 e. The molecule has 0 unspecified atom stereocenters. The first kappa shape index (κ1) is 51.2. The molecule has 6 N–H and O–H groups in total. The zero-order chi connectivity index (χ0) is 49.2. The fourth-order valence-electron chi connectivity index (χ4n) is 9.68. The summed E-state index contributed by atoms with van der Waals surface area (Å²) in [5.41, 5.74) is 4.62. The second-order valence-electron chi connectivity index (χ2n) is 19.8. The molecule has 0 aliphatic carbocycles. The van der Waals surface area contributed by atoms with E-state index in [0.717, 1.165) is 31.3 Å². The van der Waals surface area contributed by atoms with Crippen LogP contribution in [0.4, 0.5) is 0 Å². The van der Waals surface area contributed by atoms with E-state index in [9.17, 15) is 43.2 Å². The molecule has 2 aromatic carbocycles. The van der Waals surface area contributed by atoms with Crippen LogP contribution in [0.15, 0.2) is 58.7 Å². The van der Waals surface area contributed by atoms with Gasteiger partial charge in [0.1, 0.15) is 46.3 Å². The molecule has 366 valence electrons. The van der Waals surface area contributed by atoms with Crippen molar-refractivity contribution in [1.82, 2.24) is 9.80 Å². The Hall–Kier alpha value is -5.16. The van der Waals surface area contributed by atoms with Gasteiger partial charge in [-0.3, -0.25) is 13.8 Å². The molecule has 15 nitrogen and oxygen atoms in total. The van der Waals surface area contributed by atoms with Crippen molar-refractivity contribution in [3.8, 4) is 23.0 Å². The Kier molecular flexibility index (Phi) is 15.8. The second-order valence-corrected chi connectivity index (χ2v) is 20.9. The number of aliphatic hydroxyl groups excluding tert-OH is 1. The van der Waals surface area contributed by atoms with Gasteiger partial charge in [-0.05, 0) is 132 Å². The lowest BCUT2D eigenvalue weighted by molar-refractivity contribution is -0.142. The van der Waals surface area contributed by atoms with Crippen LogP contribution in [-0.4, -0.2) is 92.4 Å². The van der Waals surface area contributed by atoms with Gasteiger partial charge in [-0.1, -0.05) is 46.6 Å². The Morgan fingerprint density at radius 3 is 1.84 bits per heavy atom. The number of carbonyl (C=O) groups excluding carboxylic acids is 2. The Labute approximate surface area is 395 Å². The van der Waals surface area contributed by atoms with E-state index in [2.05, 4.69) is 45.1 Å². The SMILES string of the molecule is CC(C)=CCC/C(C)=C/CC[C@@]1(C)Oc2c(c(O)cc3c2CN(CCC[C@@H](C(=O)O)N2Cc4c(cc(O)c5c4O[C@](C)(CC/C=C(\C)CCC=C(C)C)[C@@H](O)C5)C2=O)C3=O)C[C@@H]1OS(N)(=O)=O. The molecule has 0 radical (unpaired) electrons. The largest absolute Gasteiger partial charge is 0.508 e. The molecule has 2 aromatic rings. The number of nitrogens with zero attached hydrogens (tertiary/aromatic N) is 2. The molecule has 2 amide bonds. The first-order chi connectivity index (χ1) is 31.4. The van der Waals surface area contributed by atoms with Gasteiger partial charge in [-0.2, -0.15) is 8.42 Å². The third-order valence-corrected chi connectivity index (χ3v) is 14.2. The Morgan fingerprint density at radius 1 is 0.791 bits per heavy atom. The summed E-state index contributed by atoms with van der Waals surface area (Å²) >= 11 is 0. The van der Waals surface area contributed by atoms with E-state index in [1.165, 1.54) is 38.7 Å². The van der Waals surface area contributed by atoms with Gasteiger partial charge in [0.05, 0.1) is 30.3 Å². The average Bonchev–Trinajstić information content (AvgIpc) is 3.71. The summed E-state index contributed by atoms with van der Waals surface area (Å²) in [5, 5.41) is 49.4. The Morgan fingerprint density at radius 2 is 1.30 bits per heavy atom. The summed E-state index contributed by atoms with van der Waals surface area (Å²) in [4.78, 5) is 43.5. The molecule has 67 heavy (non-hydrogen) atoms. The summed E-state index contributed by atoms with van der Waals surface area (Å²) in [5.74, 6) is -2.10. The van der Waals surface area contributed by atoms with Gasteiger partial charge >= 0.3 is 16.3 Å². The summed E-state index contributed by atoms with van der Waals surface area (Å²) in [6.45, 7) is 16.0. The van der Waals surface area contributed by atoms with Crippen molar-refractivity contribution in [3.05, 3.63) is 92.1 Å². The van der Waals surface area contributed by atoms with Crippen molar-refractivity contribution < 1.29 is 56.9 Å². The van der Waals surface area contributed by atoms with Crippen LogP contribution in [0.2, 0.25) is 0 Å². The molecule has 0 bridgehead atoms. The number of nitrogens with two attached hydrogens (primary N) is 1. The van der Waals surface area contributed by atoms with Crippen molar-refractivity contribution in [3.63, 3.8) is 0 Å². The Balaban J connectivity index is 1.14. The fraction of sp³-hybridized carbons (Fsp3) is 0.549. The second kappa shape index (κ2) is 20.6. The summed E-state index contributed by atoms with van der Waals surface area (Å²) < 4.78 is 43.0. The van der Waals surface area contributed by atoms with E-state index in [0.29, 0.717) is 48.1 Å². The number of rotatable bonds is 20. The van der Waals surface area contributed by atoms with Gasteiger partial charge in [-0.25, -0.2) is 9.93 Å². The van der Waals surface area contributed by atoms with Crippen LogP contribution in [0, 0.1) is 0 Å². The monoisotopic (exact) mass is 947 g/mol. The Bertz CT molecular complexity index is 2500. The molecule has 4 heterocycles. The number of hydrogen-bond acceptors (Lipinski definition) is 11. The van der Waals surface area contributed by atoms with Crippen LogP contribution >= 0.6 is 0 Å². The molecular weight excluding hydrogens is 879 g/mol. The number of carboxylic acids is 1. The molecule has 0 saturated carbocycles. The topological polar surface area (TPSA) is 226 Å². The quantitative estimate of drug-likeness (QED) is 0.0792. The third-order valence-electron chi connectivity index (χ3n) is 13.7. The maximum absolute atomic E-state index is 14.0. The molecule has 4 aliphatic rings. The van der Waals surface area contributed by atoms with Crippen molar-refractivity contribution in [2.24, 2.45) is 5.14 Å². The lowest BCUT2D eigenvalue weighted by Crippen LogP contribution is -2.52. The number of phenolic OH excluding ortho intramolecular Hbond substituents is 2. The minimum absolute atomic E-state index is 0.00820. The molecule has 4 aliphatic heterocycles. The van der Waals surface area contributed by atoms with Crippen LogP contribution < -0.4 is 14.6 Å². The third kappa shape index (κ3) is 11.8. The number of carboxylic acid groups (broad SMARTS) is 1. The van der Waals surface area contributed by atoms with Crippen molar-refractivity contribution in [2.75, 3.05) is 6.54 Å². The highest BCUT2D eigenvalue weighted by atomic mass is 32.2. The van der Waals surface area contributed by atoms with Gasteiger partial charge in [0.2, 0.25) is 0 Å². The molecule has 5 atom stereocenters. The summed E-state index contributed by atoms with van der Waals surface area (Å²) in [7, 11) is -4.41. The average molecular weight is 948 g/mol. The van der Waals surface area contributed by atoms with Crippen molar-refractivity contribution in [2.45, 2.75) is 175 Å². The molecule has 0 saturated heterocycles. The van der Waals surface area contributed by atoms with E-state index in [1.54, 1.807) is 6.92 Å². The van der Waals surface area contributed by atoms with E-state index in [1.807, 2.05) is 27.7 Å². The molecular formula is C51H69N3O12S. The zero-order valence-corrected chi connectivity index (χ0v) is 41.1. The van der Waals surface area contributed by atoms with E-state index >= 15 is 0 Å². The predicted octanol–water partition coefficient (Wildman–Crippen LogP) is 8.23. The lowest BCUT2D eigenvalue weighted by atomic mass is 9.84. The first-order valence-corrected chi connectivity index (χ1v) is 24.8. The lowest BCUT2D eigenvalue weighted by Gasteiger charge is -2.42. The number of allylic oxidation sites excluding steroid dienone is 8. The van der Waals surface area contributed by atoms with Gasteiger partial charge in [0.25, 0.3) is 11.8 Å². The highest BCUT2D eigenvalue weighted by Crippen LogP contribution is 2.49. The standard InChI is InChI=1S/C51H69N3O12S/c1-30(2)14-9-16-32(5)18-11-21-50(7)43(57)26-36-41(55)25-35-39(45(36)64-50)29-54(48(35)59)40(49(60)61)20-13-23-53-28-38-34(47(53)58)24-42(56)37-27-44(66-67(52,62)63)51(8,65-46(37)38)22-12-19-33(6)17-10-15-31(3)4/h14-15,18-19,24-25,40,43-44,55-57H,9-13,16-17,20-23,26-29H2,1-8H3,(H,60,61)(H2,52,62,63)/b32-18+,33-19+/t40-,43-,44-,50+,51+/m0/s1. The fourth-order valence-corrected chi connectivity index (χ4v) is 10.3. The van der Waals surface area contributed by atoms with E-state index in [4.69, 9.17) is 18.8 Å². The minimum atomic E-state index is -4.41. The summed E-state index contributed by atoms with van der Waals surface area (Å²) in [6.07, 6.45) is 12.4. The van der Waals surface area contributed by atoms with Gasteiger partial charge in [0, 0.05) is 41.6 Å². The number of amides is 2. The molecule has 0 fully saturated rings. The number of aliphatic hydroxyl groups is 1. The number of aliphatic carboxylic acids is 1. The molecule has 0 aromatic heterocycles. The number of hydrogen-bond donors (Lipinski definition) is 5.